The third kappa shape index (κ3) is 2.06. The minimum atomic E-state index is 0.834. The van der Waals surface area contributed by atoms with Crippen LogP contribution in [0, 0.1) is 13.8 Å². The van der Waals surface area contributed by atoms with E-state index in [-0.39, 0.29) is 0 Å². The summed E-state index contributed by atoms with van der Waals surface area (Å²) in [5.74, 6) is 0. The van der Waals surface area contributed by atoms with E-state index in [0.29, 0.717) is 0 Å². The summed E-state index contributed by atoms with van der Waals surface area (Å²) in [7, 11) is 3.95. The van der Waals surface area contributed by atoms with Crippen molar-refractivity contribution in [1.29, 1.82) is 0 Å². The Hall–Kier alpha value is -0.870. The van der Waals surface area contributed by atoms with Crippen molar-refractivity contribution in [2.75, 3.05) is 14.1 Å². The Bertz CT molecular complexity index is 232. The molecule has 0 fully saturated rings. The summed E-state index contributed by atoms with van der Waals surface area (Å²) in [5, 5.41) is 9.00. The first-order chi connectivity index (χ1) is 5.61. The fourth-order valence-electron chi connectivity index (χ4n) is 1.07. The molecular formula is C8H16N4. The zero-order valence-corrected chi connectivity index (χ0v) is 8.10. The van der Waals surface area contributed by atoms with Crippen LogP contribution in [0.15, 0.2) is 0 Å². The number of aryl methyl sites for hydroxylation is 2. The molecule has 0 unspecified atom stereocenters. The standard InChI is InChI=1S/C8H16N4/c1-6-8(5-9-12(3)4)7(2)11-10-6/h9H,5H2,1-4H3,(H,10,11). The van der Waals surface area contributed by atoms with Crippen LogP contribution in [0.2, 0.25) is 0 Å². The molecule has 0 aliphatic carbocycles. The second-order valence-corrected chi connectivity index (χ2v) is 3.14. The number of rotatable bonds is 3. The molecule has 4 heteroatoms. The van der Waals surface area contributed by atoms with Gasteiger partial charge in [0, 0.05) is 31.9 Å². The summed E-state index contributed by atoms with van der Waals surface area (Å²) in [6.07, 6.45) is 0. The van der Waals surface area contributed by atoms with Gasteiger partial charge in [0.25, 0.3) is 0 Å². The van der Waals surface area contributed by atoms with Crippen LogP contribution in [0.5, 0.6) is 0 Å². The Morgan fingerprint density at radius 1 is 1.42 bits per heavy atom. The second-order valence-electron chi connectivity index (χ2n) is 3.14. The first-order valence-electron chi connectivity index (χ1n) is 4.02. The summed E-state index contributed by atoms with van der Waals surface area (Å²) in [4.78, 5) is 0. The molecule has 1 aromatic rings. The van der Waals surface area contributed by atoms with E-state index in [1.807, 2.05) is 33.0 Å². The maximum absolute atomic E-state index is 4.11. The van der Waals surface area contributed by atoms with Crippen LogP contribution in [0.25, 0.3) is 0 Å². The van der Waals surface area contributed by atoms with Gasteiger partial charge in [-0.1, -0.05) is 0 Å². The van der Waals surface area contributed by atoms with Crippen molar-refractivity contribution in [3.05, 3.63) is 17.0 Å². The first-order valence-corrected chi connectivity index (χ1v) is 4.02. The van der Waals surface area contributed by atoms with Crippen LogP contribution in [0.3, 0.4) is 0 Å². The van der Waals surface area contributed by atoms with Crippen molar-refractivity contribution in [3.8, 4) is 0 Å². The summed E-state index contributed by atoms with van der Waals surface area (Å²) >= 11 is 0. The molecule has 1 rings (SSSR count). The van der Waals surface area contributed by atoms with Crippen molar-refractivity contribution in [3.63, 3.8) is 0 Å². The zero-order valence-electron chi connectivity index (χ0n) is 8.10. The van der Waals surface area contributed by atoms with Gasteiger partial charge in [-0.3, -0.25) is 15.5 Å². The van der Waals surface area contributed by atoms with Crippen LogP contribution < -0.4 is 5.43 Å². The number of aromatic nitrogens is 2. The Balaban J connectivity index is 2.62. The predicted octanol–water partition coefficient (Wildman–Crippen LogP) is 0.593. The van der Waals surface area contributed by atoms with Crippen molar-refractivity contribution < 1.29 is 0 Å². The second kappa shape index (κ2) is 3.69. The predicted molar refractivity (Wildman–Crippen MR) is 48.6 cm³/mol. The molecule has 0 bridgehead atoms. The van der Waals surface area contributed by atoms with Crippen LogP contribution in [0.1, 0.15) is 17.0 Å². The Morgan fingerprint density at radius 3 is 2.50 bits per heavy atom. The SMILES string of the molecule is Cc1n[nH]c(C)c1CNN(C)C. The molecule has 0 aliphatic rings. The summed E-state index contributed by atoms with van der Waals surface area (Å²) in [6, 6.07) is 0. The molecule has 0 radical (unpaired) electrons. The molecule has 1 heterocycles. The van der Waals surface area contributed by atoms with Gasteiger partial charge < -0.3 is 0 Å². The van der Waals surface area contributed by atoms with Gasteiger partial charge in [0.15, 0.2) is 0 Å². The molecule has 1 aromatic heterocycles. The molecule has 0 atom stereocenters. The molecule has 2 N–H and O–H groups in total. The smallest absolute Gasteiger partial charge is 0.0639 e. The Kier molecular flexibility index (Phi) is 2.83. The third-order valence-corrected chi connectivity index (χ3v) is 1.85. The number of H-pyrrole nitrogens is 1. The third-order valence-electron chi connectivity index (χ3n) is 1.85. The monoisotopic (exact) mass is 168 g/mol. The van der Waals surface area contributed by atoms with E-state index >= 15 is 0 Å². The van der Waals surface area contributed by atoms with Crippen molar-refractivity contribution in [2.24, 2.45) is 0 Å². The normalized spacial score (nSPS) is 11.1. The first kappa shape index (κ1) is 9.22. The van der Waals surface area contributed by atoms with Gasteiger partial charge in [0.05, 0.1) is 5.69 Å². The lowest BCUT2D eigenvalue weighted by atomic mass is 10.2. The molecule has 4 nitrogen and oxygen atoms in total. The van der Waals surface area contributed by atoms with Crippen molar-refractivity contribution in [2.45, 2.75) is 20.4 Å². The van der Waals surface area contributed by atoms with Gasteiger partial charge in [0.2, 0.25) is 0 Å². The molecule has 0 saturated carbocycles. The van der Waals surface area contributed by atoms with Crippen molar-refractivity contribution >= 4 is 0 Å². The molecule has 0 saturated heterocycles. The quantitative estimate of drug-likeness (QED) is 0.649. The molecule has 0 aromatic carbocycles. The zero-order chi connectivity index (χ0) is 9.14. The summed E-state index contributed by atoms with van der Waals surface area (Å²) < 4.78 is 0. The number of nitrogens with zero attached hydrogens (tertiary/aromatic N) is 2. The minimum absolute atomic E-state index is 0.834. The van der Waals surface area contributed by atoms with E-state index in [4.69, 9.17) is 0 Å². The average molecular weight is 168 g/mol. The highest BCUT2D eigenvalue weighted by molar-refractivity contribution is 5.22. The van der Waals surface area contributed by atoms with E-state index in [9.17, 15) is 0 Å². The van der Waals surface area contributed by atoms with Crippen LogP contribution in [-0.2, 0) is 6.54 Å². The highest BCUT2D eigenvalue weighted by Crippen LogP contribution is 2.07. The highest BCUT2D eigenvalue weighted by atomic mass is 15.5. The van der Waals surface area contributed by atoms with Crippen LogP contribution >= 0.6 is 0 Å². The number of hydrazine groups is 1. The Labute approximate surface area is 72.9 Å². The lowest BCUT2D eigenvalue weighted by Crippen LogP contribution is -2.29. The van der Waals surface area contributed by atoms with Gasteiger partial charge in [-0.25, -0.2) is 0 Å². The van der Waals surface area contributed by atoms with Gasteiger partial charge in [-0.2, -0.15) is 5.10 Å². The van der Waals surface area contributed by atoms with E-state index in [1.165, 1.54) is 5.56 Å². The lowest BCUT2D eigenvalue weighted by Gasteiger charge is -2.11. The van der Waals surface area contributed by atoms with E-state index in [0.717, 1.165) is 17.9 Å². The van der Waals surface area contributed by atoms with Gasteiger partial charge in [-0.15, -0.1) is 0 Å². The fraction of sp³-hybridized carbons (Fsp3) is 0.625. The van der Waals surface area contributed by atoms with Crippen LogP contribution in [0.4, 0.5) is 0 Å². The number of nitrogens with one attached hydrogen (secondary N) is 2. The van der Waals surface area contributed by atoms with E-state index < -0.39 is 0 Å². The Morgan fingerprint density at radius 2 is 2.08 bits per heavy atom. The highest BCUT2D eigenvalue weighted by Gasteiger charge is 2.04. The summed E-state index contributed by atoms with van der Waals surface area (Å²) in [6.45, 7) is 4.88. The topological polar surface area (TPSA) is 44.0 Å². The molecule has 68 valence electrons. The molecular weight excluding hydrogens is 152 g/mol. The fourth-order valence-corrected chi connectivity index (χ4v) is 1.07. The number of hydrogen-bond donors (Lipinski definition) is 2. The van der Waals surface area contributed by atoms with Crippen molar-refractivity contribution in [1.82, 2.24) is 20.6 Å². The van der Waals surface area contributed by atoms with Crippen LogP contribution in [-0.4, -0.2) is 29.3 Å². The largest absolute Gasteiger partial charge is 0.282 e. The van der Waals surface area contributed by atoms with E-state index in [2.05, 4.69) is 15.6 Å². The molecule has 0 spiro atoms. The minimum Gasteiger partial charge on any atom is -0.282 e. The maximum Gasteiger partial charge on any atom is 0.0639 e. The maximum atomic E-state index is 4.11. The lowest BCUT2D eigenvalue weighted by molar-refractivity contribution is 0.285. The molecule has 0 aliphatic heterocycles. The van der Waals surface area contributed by atoms with Gasteiger partial charge in [-0.05, 0) is 13.8 Å². The summed E-state index contributed by atoms with van der Waals surface area (Å²) in [5.41, 5.74) is 6.67. The average Bonchev–Trinajstić information content (AvgIpc) is 2.28. The van der Waals surface area contributed by atoms with E-state index in [1.54, 1.807) is 0 Å². The number of aromatic amines is 1. The number of hydrogen-bond acceptors (Lipinski definition) is 3. The van der Waals surface area contributed by atoms with Gasteiger partial charge >= 0.3 is 0 Å². The van der Waals surface area contributed by atoms with Gasteiger partial charge in [0.1, 0.15) is 0 Å². The molecule has 12 heavy (non-hydrogen) atoms. The molecule has 0 amide bonds.